The highest BCUT2D eigenvalue weighted by Gasteiger charge is 2.18. The van der Waals surface area contributed by atoms with E-state index < -0.39 is 25.8 Å². The first-order chi connectivity index (χ1) is 8.76. The number of unbranched alkanes of at least 4 members (excludes halogenated alkanes) is 3. The molecule has 0 saturated carbocycles. The molecule has 0 rings (SSSR count). The van der Waals surface area contributed by atoms with Gasteiger partial charge in [-0.2, -0.15) is 0 Å². The molecule has 1 unspecified atom stereocenters. The minimum Gasteiger partial charge on any atom is -0.480 e. The number of aliphatic carboxylic acids is 1. The van der Waals surface area contributed by atoms with Gasteiger partial charge in [0.05, 0.1) is 6.16 Å². The van der Waals surface area contributed by atoms with Crippen molar-refractivity contribution in [3.63, 3.8) is 0 Å². The molecule has 19 heavy (non-hydrogen) atoms. The fourth-order valence-corrected chi connectivity index (χ4v) is 2.45. The Balaban J connectivity index is 4.43. The summed E-state index contributed by atoms with van der Waals surface area (Å²) in [4.78, 5) is 28.5. The molecular formula is C11H23N2O5P. The summed E-state index contributed by atoms with van der Waals surface area (Å²) in [6, 6.07) is -1.23. The van der Waals surface area contributed by atoms with E-state index in [9.17, 15) is 9.36 Å². The van der Waals surface area contributed by atoms with Gasteiger partial charge in [-0.3, -0.25) is 9.36 Å². The number of carboxylic acid groups (broad SMARTS) is 1. The van der Waals surface area contributed by atoms with Crippen molar-refractivity contribution >= 4 is 13.6 Å². The monoisotopic (exact) mass is 294 g/mol. The first-order valence-electron chi connectivity index (χ1n) is 6.19. The van der Waals surface area contributed by atoms with E-state index in [0.717, 1.165) is 25.7 Å². The van der Waals surface area contributed by atoms with Crippen molar-refractivity contribution in [1.82, 2.24) is 0 Å². The Morgan fingerprint density at radius 2 is 1.79 bits per heavy atom. The normalized spacial score (nSPS) is 14.4. The fourth-order valence-electron chi connectivity index (χ4n) is 1.65. The summed E-state index contributed by atoms with van der Waals surface area (Å²) in [6.45, 7) is 0.620. The zero-order valence-electron chi connectivity index (χ0n) is 10.9. The van der Waals surface area contributed by atoms with Crippen LogP contribution in [-0.2, 0) is 9.36 Å². The van der Waals surface area contributed by atoms with Crippen molar-refractivity contribution in [2.24, 2.45) is 11.5 Å². The molecule has 8 heteroatoms. The van der Waals surface area contributed by atoms with Crippen molar-refractivity contribution in [3.8, 4) is 0 Å². The summed E-state index contributed by atoms with van der Waals surface area (Å²) in [6.07, 6.45) is 4.71. The standard InChI is InChI=1S/C11H23N2O5P/c12-6-4-2-1-3-5-9(8-19(16,17)18)7-10(13)11(14)15/h7,10H,1-6,8,12-13H2,(H,14,15)(H2,16,17,18)/b9-7-. The van der Waals surface area contributed by atoms with E-state index >= 15 is 0 Å². The highest BCUT2D eigenvalue weighted by molar-refractivity contribution is 7.52. The predicted octanol–water partition coefficient (Wildman–Crippen LogP) is 0.412. The fraction of sp³-hybridized carbons (Fsp3) is 0.727. The second kappa shape index (κ2) is 9.23. The van der Waals surface area contributed by atoms with Gasteiger partial charge in [0.1, 0.15) is 6.04 Å². The lowest BCUT2D eigenvalue weighted by molar-refractivity contribution is -0.137. The summed E-state index contributed by atoms with van der Waals surface area (Å²) < 4.78 is 11.0. The quantitative estimate of drug-likeness (QED) is 0.223. The average Bonchev–Trinajstić information content (AvgIpc) is 2.26. The van der Waals surface area contributed by atoms with E-state index in [4.69, 9.17) is 26.4 Å². The molecule has 0 fully saturated rings. The molecule has 0 heterocycles. The van der Waals surface area contributed by atoms with Gasteiger partial charge < -0.3 is 26.4 Å². The number of hydrogen-bond acceptors (Lipinski definition) is 4. The molecule has 0 aromatic rings. The highest BCUT2D eigenvalue weighted by Crippen LogP contribution is 2.38. The van der Waals surface area contributed by atoms with Crippen LogP contribution in [0.4, 0.5) is 0 Å². The van der Waals surface area contributed by atoms with Gasteiger partial charge >= 0.3 is 13.6 Å². The summed E-state index contributed by atoms with van der Waals surface area (Å²) in [5, 5.41) is 8.69. The SMILES string of the molecule is NCCCCCC/C(=C/C(N)C(=O)O)CP(=O)(O)O. The topological polar surface area (TPSA) is 147 Å². The minimum absolute atomic E-state index is 0.399. The zero-order chi connectivity index (χ0) is 14.9. The Hall–Kier alpha value is -0.720. The van der Waals surface area contributed by atoms with Crippen LogP contribution in [0.1, 0.15) is 32.1 Å². The Kier molecular flexibility index (Phi) is 8.88. The smallest absolute Gasteiger partial charge is 0.329 e. The minimum atomic E-state index is -4.21. The maximum absolute atomic E-state index is 11.0. The summed E-state index contributed by atoms with van der Waals surface area (Å²) in [5.41, 5.74) is 11.1. The molecule has 0 radical (unpaired) electrons. The van der Waals surface area contributed by atoms with E-state index in [-0.39, 0.29) is 0 Å². The molecule has 0 spiro atoms. The molecule has 7 N–H and O–H groups in total. The number of nitrogens with two attached hydrogens (primary N) is 2. The van der Waals surface area contributed by atoms with Gasteiger partial charge in [-0.05, 0) is 25.8 Å². The molecule has 7 nitrogen and oxygen atoms in total. The predicted molar refractivity (Wildman–Crippen MR) is 72.7 cm³/mol. The van der Waals surface area contributed by atoms with Crippen molar-refractivity contribution in [3.05, 3.63) is 11.6 Å². The van der Waals surface area contributed by atoms with Crippen LogP contribution in [0.25, 0.3) is 0 Å². The average molecular weight is 294 g/mol. The van der Waals surface area contributed by atoms with Crippen LogP contribution in [0, 0.1) is 0 Å². The van der Waals surface area contributed by atoms with Gasteiger partial charge in [-0.15, -0.1) is 0 Å². The van der Waals surface area contributed by atoms with Crippen LogP contribution in [0.3, 0.4) is 0 Å². The molecule has 0 aromatic carbocycles. The van der Waals surface area contributed by atoms with Crippen molar-refractivity contribution < 1.29 is 24.3 Å². The molecular weight excluding hydrogens is 271 g/mol. The molecule has 0 saturated heterocycles. The van der Waals surface area contributed by atoms with Gasteiger partial charge in [0.15, 0.2) is 0 Å². The van der Waals surface area contributed by atoms with Crippen LogP contribution in [0.5, 0.6) is 0 Å². The van der Waals surface area contributed by atoms with Crippen LogP contribution in [0.2, 0.25) is 0 Å². The van der Waals surface area contributed by atoms with Gasteiger partial charge in [-0.25, -0.2) is 0 Å². The molecule has 1 atom stereocenters. The van der Waals surface area contributed by atoms with Crippen LogP contribution in [0.15, 0.2) is 11.6 Å². The first kappa shape index (κ1) is 18.3. The maximum Gasteiger partial charge on any atom is 0.329 e. The number of hydrogen-bond donors (Lipinski definition) is 5. The van der Waals surface area contributed by atoms with Gasteiger partial charge in [0.25, 0.3) is 0 Å². The Bertz CT molecular complexity index is 353. The molecule has 112 valence electrons. The number of carbonyl (C=O) groups is 1. The highest BCUT2D eigenvalue weighted by atomic mass is 31.2. The Morgan fingerprint density at radius 3 is 2.26 bits per heavy atom. The Labute approximate surface area is 112 Å². The van der Waals surface area contributed by atoms with E-state index in [0.29, 0.717) is 18.5 Å². The second-order valence-electron chi connectivity index (χ2n) is 4.46. The van der Waals surface area contributed by atoms with Crippen molar-refractivity contribution in [2.45, 2.75) is 38.1 Å². The van der Waals surface area contributed by atoms with E-state index in [1.54, 1.807) is 0 Å². The van der Waals surface area contributed by atoms with Crippen LogP contribution in [-0.4, -0.2) is 39.6 Å². The van der Waals surface area contributed by atoms with E-state index in [1.165, 1.54) is 6.08 Å². The summed E-state index contributed by atoms with van der Waals surface area (Å²) >= 11 is 0. The van der Waals surface area contributed by atoms with Gasteiger partial charge in [0, 0.05) is 0 Å². The molecule has 0 bridgehead atoms. The Morgan fingerprint density at radius 1 is 1.21 bits per heavy atom. The molecule has 0 aliphatic heterocycles. The number of allylic oxidation sites excluding steroid dienone is 1. The zero-order valence-corrected chi connectivity index (χ0v) is 11.8. The van der Waals surface area contributed by atoms with Crippen molar-refractivity contribution in [1.29, 1.82) is 0 Å². The lowest BCUT2D eigenvalue weighted by Gasteiger charge is -2.11. The van der Waals surface area contributed by atoms with E-state index in [1.807, 2.05) is 0 Å². The van der Waals surface area contributed by atoms with Crippen molar-refractivity contribution in [2.75, 3.05) is 12.7 Å². The molecule has 0 aromatic heterocycles. The third-order valence-corrected chi connectivity index (χ3v) is 3.38. The number of carboxylic acids is 1. The summed E-state index contributed by atoms with van der Waals surface area (Å²) in [7, 11) is -4.21. The first-order valence-corrected chi connectivity index (χ1v) is 7.98. The van der Waals surface area contributed by atoms with E-state index in [2.05, 4.69) is 0 Å². The molecule has 0 aliphatic carbocycles. The third-order valence-electron chi connectivity index (χ3n) is 2.56. The lowest BCUT2D eigenvalue weighted by atomic mass is 10.1. The maximum atomic E-state index is 11.0. The van der Waals surface area contributed by atoms with Gasteiger partial charge in [-0.1, -0.05) is 24.5 Å². The largest absolute Gasteiger partial charge is 0.480 e. The molecule has 0 aliphatic rings. The van der Waals surface area contributed by atoms with Crippen LogP contribution < -0.4 is 11.5 Å². The number of rotatable bonds is 10. The van der Waals surface area contributed by atoms with Crippen LogP contribution >= 0.6 is 7.60 Å². The molecule has 0 amide bonds. The third kappa shape index (κ3) is 10.9. The summed E-state index contributed by atoms with van der Waals surface area (Å²) in [5.74, 6) is -1.22. The lowest BCUT2D eigenvalue weighted by Crippen LogP contribution is -2.28. The second-order valence-corrected chi connectivity index (χ2v) is 6.11. The van der Waals surface area contributed by atoms with Gasteiger partial charge in [0.2, 0.25) is 0 Å².